The quantitative estimate of drug-likeness (QED) is 0.251. The number of rotatable bonds is 8. The van der Waals surface area contributed by atoms with E-state index in [1.54, 1.807) is 45.0 Å². The number of ether oxygens (including phenoxy) is 1. The van der Waals surface area contributed by atoms with Crippen molar-refractivity contribution in [2.45, 2.75) is 40.7 Å². The van der Waals surface area contributed by atoms with Crippen LogP contribution in [0, 0.1) is 17.0 Å². The number of hydrogen-bond donors (Lipinski definition) is 0. The lowest BCUT2D eigenvalue weighted by Gasteiger charge is -2.24. The average molecular weight is 525 g/mol. The first-order valence-corrected chi connectivity index (χ1v) is 12.8. The topological polar surface area (TPSA) is 120 Å². The Bertz CT molecular complexity index is 1570. The summed E-state index contributed by atoms with van der Waals surface area (Å²) in [7, 11) is 0. The number of carbonyl (C=O) groups excluding carboxylic acids is 1. The number of fused-ring (bicyclic) bond motifs is 1. The van der Waals surface area contributed by atoms with Crippen LogP contribution in [0.4, 0.5) is 11.6 Å². The van der Waals surface area contributed by atoms with Gasteiger partial charge >= 0.3 is 5.97 Å². The molecule has 1 atom stereocenters. The highest BCUT2D eigenvalue weighted by Crippen LogP contribution is 2.33. The highest BCUT2D eigenvalue weighted by atomic mass is 32.1. The van der Waals surface area contributed by atoms with E-state index >= 15 is 0 Å². The lowest BCUT2D eigenvalue weighted by atomic mass is 9.94. The summed E-state index contributed by atoms with van der Waals surface area (Å²) in [5.41, 5.74) is 0.969. The molecule has 0 amide bonds. The van der Waals surface area contributed by atoms with Gasteiger partial charge in [-0.05, 0) is 46.2 Å². The summed E-state index contributed by atoms with van der Waals surface area (Å²) in [6.45, 7) is 10.7. The molecule has 4 rings (SSSR count). The van der Waals surface area contributed by atoms with Crippen LogP contribution in [0.1, 0.15) is 50.6 Å². The van der Waals surface area contributed by atoms with E-state index in [-0.39, 0.29) is 23.4 Å². The number of furan rings is 1. The molecule has 1 aliphatic rings. The number of benzene rings is 1. The fourth-order valence-electron chi connectivity index (χ4n) is 4.35. The molecule has 3 aromatic rings. The van der Waals surface area contributed by atoms with Crippen LogP contribution in [0.5, 0.6) is 0 Å². The van der Waals surface area contributed by atoms with E-state index in [9.17, 15) is 19.7 Å². The summed E-state index contributed by atoms with van der Waals surface area (Å²) in [6, 6.07) is 7.41. The van der Waals surface area contributed by atoms with Gasteiger partial charge in [0.1, 0.15) is 5.76 Å². The Hall–Kier alpha value is -3.99. The van der Waals surface area contributed by atoms with Crippen LogP contribution in [0.25, 0.3) is 6.08 Å². The molecule has 0 unspecified atom stereocenters. The number of allylic oxidation sites excluding steroid dienone is 1. The second kappa shape index (κ2) is 10.6. The van der Waals surface area contributed by atoms with Gasteiger partial charge in [-0.3, -0.25) is 19.5 Å². The van der Waals surface area contributed by atoms with Crippen LogP contribution in [-0.2, 0) is 9.53 Å². The van der Waals surface area contributed by atoms with E-state index < -0.39 is 16.9 Å². The predicted octanol–water partition coefficient (Wildman–Crippen LogP) is 3.45. The van der Waals surface area contributed by atoms with Gasteiger partial charge in [0, 0.05) is 36.9 Å². The van der Waals surface area contributed by atoms with Crippen LogP contribution in [0.15, 0.2) is 55.8 Å². The summed E-state index contributed by atoms with van der Waals surface area (Å²) in [6.07, 6.45) is 1.65. The highest BCUT2D eigenvalue weighted by Gasteiger charge is 2.34. The average Bonchev–Trinajstić information content (AvgIpc) is 3.44. The SMILES string of the molecule is CCOC(=O)C1=C(C)N=c2s/c(=C/c3ccc(N(CC)CC)o3)c(=O)n2[C@H]1c1ccc(C)c([N+](=O)[O-])c1. The van der Waals surface area contributed by atoms with Crippen LogP contribution >= 0.6 is 11.3 Å². The van der Waals surface area contributed by atoms with Crippen LogP contribution in [-0.4, -0.2) is 35.2 Å². The van der Waals surface area contributed by atoms with Crippen LogP contribution in [0.3, 0.4) is 0 Å². The van der Waals surface area contributed by atoms with E-state index in [0.717, 1.165) is 24.4 Å². The van der Waals surface area contributed by atoms with Crippen LogP contribution in [0.2, 0.25) is 0 Å². The number of anilines is 1. The molecule has 0 bridgehead atoms. The molecule has 37 heavy (non-hydrogen) atoms. The van der Waals surface area contributed by atoms with Crippen molar-refractivity contribution in [2.24, 2.45) is 4.99 Å². The first-order valence-electron chi connectivity index (χ1n) is 12.0. The normalized spacial score (nSPS) is 15.4. The Labute approximate surface area is 217 Å². The van der Waals surface area contributed by atoms with E-state index in [0.29, 0.717) is 37.8 Å². The maximum Gasteiger partial charge on any atom is 0.338 e. The maximum atomic E-state index is 13.7. The van der Waals surface area contributed by atoms with Crippen molar-refractivity contribution in [3.63, 3.8) is 0 Å². The van der Waals surface area contributed by atoms with E-state index in [1.807, 2.05) is 19.9 Å². The largest absolute Gasteiger partial charge is 0.463 e. The van der Waals surface area contributed by atoms with Crippen molar-refractivity contribution in [3.05, 3.63) is 88.3 Å². The molecule has 11 heteroatoms. The Kier molecular flexibility index (Phi) is 7.44. The number of esters is 1. The van der Waals surface area contributed by atoms with Gasteiger partial charge in [0.05, 0.1) is 33.4 Å². The molecule has 0 saturated heterocycles. The molecular weight excluding hydrogens is 496 g/mol. The van der Waals surface area contributed by atoms with Gasteiger partial charge in [-0.2, -0.15) is 0 Å². The molecule has 0 aliphatic carbocycles. The zero-order valence-corrected chi connectivity index (χ0v) is 22.1. The summed E-state index contributed by atoms with van der Waals surface area (Å²) in [4.78, 5) is 44.8. The first kappa shape index (κ1) is 26.1. The Morgan fingerprint density at radius 2 is 1.97 bits per heavy atom. The predicted molar refractivity (Wildman–Crippen MR) is 141 cm³/mol. The van der Waals surface area contributed by atoms with Crippen molar-refractivity contribution in [1.29, 1.82) is 0 Å². The molecule has 0 saturated carbocycles. The van der Waals surface area contributed by atoms with Gasteiger partial charge in [-0.25, -0.2) is 9.79 Å². The third kappa shape index (κ3) is 4.86. The minimum absolute atomic E-state index is 0.1000. The maximum absolute atomic E-state index is 13.7. The second-order valence-electron chi connectivity index (χ2n) is 8.45. The molecule has 0 N–H and O–H groups in total. The lowest BCUT2D eigenvalue weighted by molar-refractivity contribution is -0.385. The molecule has 0 fully saturated rings. The number of aromatic nitrogens is 1. The Morgan fingerprint density at radius 3 is 2.62 bits per heavy atom. The van der Waals surface area contributed by atoms with Gasteiger partial charge in [0.2, 0.25) is 0 Å². The summed E-state index contributed by atoms with van der Waals surface area (Å²) in [5.74, 6) is 0.589. The molecule has 1 aliphatic heterocycles. The van der Waals surface area contributed by atoms with Crippen molar-refractivity contribution in [1.82, 2.24) is 4.57 Å². The number of thiazole rings is 1. The number of nitrogens with zero attached hydrogens (tertiary/aromatic N) is 4. The van der Waals surface area contributed by atoms with Gasteiger partial charge in [0.15, 0.2) is 10.7 Å². The Balaban J connectivity index is 1.92. The van der Waals surface area contributed by atoms with E-state index in [4.69, 9.17) is 9.15 Å². The summed E-state index contributed by atoms with van der Waals surface area (Å²) >= 11 is 1.16. The zero-order chi connectivity index (χ0) is 26.9. The molecule has 194 valence electrons. The second-order valence-corrected chi connectivity index (χ2v) is 9.46. The zero-order valence-electron chi connectivity index (χ0n) is 21.3. The summed E-state index contributed by atoms with van der Waals surface area (Å²) in [5, 5.41) is 11.7. The third-order valence-electron chi connectivity index (χ3n) is 6.22. The smallest absolute Gasteiger partial charge is 0.338 e. The molecule has 0 radical (unpaired) electrons. The molecular formula is C26H28N4O6S. The lowest BCUT2D eigenvalue weighted by Crippen LogP contribution is -2.40. The molecule has 2 aromatic heterocycles. The molecule has 10 nitrogen and oxygen atoms in total. The van der Waals surface area contributed by atoms with Crippen molar-refractivity contribution in [3.8, 4) is 0 Å². The number of carbonyl (C=O) groups is 1. The molecule has 0 spiro atoms. The minimum Gasteiger partial charge on any atom is -0.463 e. The van der Waals surface area contributed by atoms with Gasteiger partial charge in [0.25, 0.3) is 11.2 Å². The fourth-order valence-corrected chi connectivity index (χ4v) is 5.38. The first-order chi connectivity index (χ1) is 17.7. The number of nitro groups is 1. The standard InChI is InChI=1S/C26H28N4O6S/c1-6-28(7-2)21-12-11-18(36-21)14-20-24(31)29-23(17-10-9-15(4)19(13-17)30(33)34)22(25(32)35-8-3)16(5)27-26(29)37-20/h9-14,23H,6-8H2,1-5H3/b20-14+/t23-/m0/s1. The number of aryl methyl sites for hydroxylation is 1. The fraction of sp³-hybridized carbons (Fsp3) is 0.346. The molecule has 3 heterocycles. The van der Waals surface area contributed by atoms with Gasteiger partial charge in [-0.1, -0.05) is 23.5 Å². The minimum atomic E-state index is -0.931. The van der Waals surface area contributed by atoms with Gasteiger partial charge in [-0.15, -0.1) is 0 Å². The third-order valence-corrected chi connectivity index (χ3v) is 7.21. The number of nitro benzene ring substituents is 1. The van der Waals surface area contributed by atoms with Crippen molar-refractivity contribution < 1.29 is 18.9 Å². The van der Waals surface area contributed by atoms with E-state index in [2.05, 4.69) is 9.89 Å². The monoisotopic (exact) mass is 524 g/mol. The Morgan fingerprint density at radius 1 is 1.24 bits per heavy atom. The van der Waals surface area contributed by atoms with E-state index in [1.165, 1.54) is 10.6 Å². The highest BCUT2D eigenvalue weighted by molar-refractivity contribution is 7.07. The van der Waals surface area contributed by atoms with Crippen LogP contribution < -0.4 is 19.8 Å². The van der Waals surface area contributed by atoms with Crippen molar-refractivity contribution >= 4 is 35.0 Å². The molecule has 1 aromatic carbocycles. The number of hydrogen-bond acceptors (Lipinski definition) is 9. The van der Waals surface area contributed by atoms with Gasteiger partial charge < -0.3 is 14.1 Å². The summed E-state index contributed by atoms with van der Waals surface area (Å²) < 4.78 is 13.0. The van der Waals surface area contributed by atoms with Crippen molar-refractivity contribution in [2.75, 3.05) is 24.6 Å².